The quantitative estimate of drug-likeness (QED) is 0.806. The highest BCUT2D eigenvalue weighted by atomic mass is 79.9. The van der Waals surface area contributed by atoms with Crippen LogP contribution in [0.25, 0.3) is 0 Å². The van der Waals surface area contributed by atoms with Crippen LogP contribution in [0.3, 0.4) is 0 Å². The van der Waals surface area contributed by atoms with Crippen molar-refractivity contribution in [2.75, 3.05) is 20.6 Å². The third-order valence-electron chi connectivity index (χ3n) is 4.71. The first-order chi connectivity index (χ1) is 9.62. The van der Waals surface area contributed by atoms with Gasteiger partial charge in [-0.05, 0) is 55.5 Å². The van der Waals surface area contributed by atoms with Crippen LogP contribution in [0.5, 0.6) is 0 Å². The lowest BCUT2D eigenvalue weighted by atomic mass is 9.80. The summed E-state index contributed by atoms with van der Waals surface area (Å²) >= 11 is 3.64. The largest absolute Gasteiger partial charge is 0.466 e. The molecule has 1 aliphatic carbocycles. The van der Waals surface area contributed by atoms with Gasteiger partial charge in [-0.1, -0.05) is 32.6 Å². The Kier molecular flexibility index (Phi) is 5.70. The van der Waals surface area contributed by atoms with E-state index in [2.05, 4.69) is 47.2 Å². The van der Waals surface area contributed by atoms with Gasteiger partial charge in [0, 0.05) is 5.54 Å². The van der Waals surface area contributed by atoms with Gasteiger partial charge in [-0.25, -0.2) is 0 Å². The number of hydrogen-bond donors (Lipinski definition) is 1. The van der Waals surface area contributed by atoms with E-state index in [-0.39, 0.29) is 11.6 Å². The predicted molar refractivity (Wildman–Crippen MR) is 86.9 cm³/mol. The molecule has 0 amide bonds. The zero-order valence-electron chi connectivity index (χ0n) is 12.9. The van der Waals surface area contributed by atoms with E-state index >= 15 is 0 Å². The molecule has 0 aromatic carbocycles. The van der Waals surface area contributed by atoms with Gasteiger partial charge in [0.05, 0.1) is 16.8 Å². The molecule has 1 unspecified atom stereocenters. The molecule has 4 heteroatoms. The Morgan fingerprint density at radius 3 is 2.40 bits per heavy atom. The molecule has 3 nitrogen and oxygen atoms in total. The van der Waals surface area contributed by atoms with Crippen LogP contribution in [0, 0.1) is 0 Å². The molecule has 20 heavy (non-hydrogen) atoms. The maximum atomic E-state index is 5.81. The van der Waals surface area contributed by atoms with Gasteiger partial charge < -0.3 is 14.6 Å². The van der Waals surface area contributed by atoms with Crippen LogP contribution in [0.4, 0.5) is 0 Å². The first kappa shape index (κ1) is 16.1. The van der Waals surface area contributed by atoms with Crippen LogP contribution in [0.2, 0.25) is 0 Å². The standard InChI is InChI=1S/C16H27BrN2O/c1-4-18-15(14-13(17)9-12-20-14)16(19(2)3)10-7-5-6-8-11-16/h9,12,15,18H,4-8,10-11H2,1-3H3. The van der Waals surface area contributed by atoms with E-state index < -0.39 is 0 Å². The summed E-state index contributed by atoms with van der Waals surface area (Å²) in [7, 11) is 4.43. The average molecular weight is 343 g/mol. The van der Waals surface area contributed by atoms with Crippen LogP contribution in [0.15, 0.2) is 21.2 Å². The van der Waals surface area contributed by atoms with Gasteiger partial charge in [-0.2, -0.15) is 0 Å². The Bertz CT molecular complexity index is 408. The maximum Gasteiger partial charge on any atom is 0.136 e. The number of likely N-dealkylation sites (N-methyl/N-ethyl adjacent to an activating group) is 2. The smallest absolute Gasteiger partial charge is 0.136 e. The van der Waals surface area contributed by atoms with Crippen molar-refractivity contribution in [3.63, 3.8) is 0 Å². The van der Waals surface area contributed by atoms with Crippen LogP contribution < -0.4 is 5.32 Å². The zero-order chi connectivity index (χ0) is 14.6. The summed E-state index contributed by atoms with van der Waals surface area (Å²) in [5.41, 5.74) is 0.146. The Balaban J connectivity index is 2.39. The molecule has 1 fully saturated rings. The Morgan fingerprint density at radius 2 is 1.95 bits per heavy atom. The van der Waals surface area contributed by atoms with Crippen molar-refractivity contribution in [1.82, 2.24) is 10.2 Å². The lowest BCUT2D eigenvalue weighted by Gasteiger charge is -2.45. The molecule has 0 radical (unpaired) electrons. The predicted octanol–water partition coefficient (Wildman–Crippen LogP) is 4.35. The fourth-order valence-corrected chi connectivity index (χ4v) is 4.01. The van der Waals surface area contributed by atoms with E-state index in [1.807, 2.05) is 6.07 Å². The SMILES string of the molecule is CCNC(c1occc1Br)C1(N(C)C)CCCCCC1. The minimum atomic E-state index is 0.146. The van der Waals surface area contributed by atoms with Gasteiger partial charge in [0.25, 0.3) is 0 Å². The molecule has 0 spiro atoms. The van der Waals surface area contributed by atoms with Crippen molar-refractivity contribution in [2.45, 2.75) is 57.0 Å². The highest BCUT2D eigenvalue weighted by Gasteiger charge is 2.43. The van der Waals surface area contributed by atoms with Crippen LogP contribution in [-0.4, -0.2) is 31.1 Å². The molecular formula is C16H27BrN2O. The lowest BCUT2D eigenvalue weighted by molar-refractivity contribution is 0.0705. The summed E-state index contributed by atoms with van der Waals surface area (Å²) in [6.45, 7) is 3.12. The molecule has 1 atom stereocenters. The second-order valence-corrected chi connectivity index (χ2v) is 6.89. The van der Waals surface area contributed by atoms with Crippen molar-refractivity contribution in [1.29, 1.82) is 0 Å². The Labute approximate surface area is 131 Å². The Morgan fingerprint density at radius 1 is 1.30 bits per heavy atom. The van der Waals surface area contributed by atoms with Gasteiger partial charge in [-0.15, -0.1) is 0 Å². The summed E-state index contributed by atoms with van der Waals surface area (Å²) in [4.78, 5) is 2.42. The summed E-state index contributed by atoms with van der Waals surface area (Å²) in [5, 5.41) is 3.68. The minimum absolute atomic E-state index is 0.146. The number of rotatable bonds is 5. The highest BCUT2D eigenvalue weighted by Crippen LogP contribution is 2.43. The van der Waals surface area contributed by atoms with Crippen molar-refractivity contribution in [2.24, 2.45) is 0 Å². The van der Waals surface area contributed by atoms with Crippen LogP contribution in [-0.2, 0) is 0 Å². The summed E-state index contributed by atoms with van der Waals surface area (Å²) < 4.78 is 6.89. The van der Waals surface area contributed by atoms with E-state index in [9.17, 15) is 0 Å². The lowest BCUT2D eigenvalue weighted by Crippen LogP contribution is -2.53. The zero-order valence-corrected chi connectivity index (χ0v) is 14.5. The number of hydrogen-bond acceptors (Lipinski definition) is 3. The van der Waals surface area contributed by atoms with Crippen molar-refractivity contribution >= 4 is 15.9 Å². The monoisotopic (exact) mass is 342 g/mol. The molecule has 1 aromatic heterocycles. The molecule has 1 N–H and O–H groups in total. The first-order valence-corrected chi connectivity index (χ1v) is 8.55. The normalized spacial score (nSPS) is 20.9. The van der Waals surface area contributed by atoms with Crippen molar-refractivity contribution < 1.29 is 4.42 Å². The van der Waals surface area contributed by atoms with Crippen LogP contribution in [0.1, 0.15) is 57.3 Å². The number of nitrogens with one attached hydrogen (secondary N) is 1. The van der Waals surface area contributed by atoms with Gasteiger partial charge in [0.1, 0.15) is 5.76 Å². The fourth-order valence-electron chi connectivity index (χ4n) is 3.58. The minimum Gasteiger partial charge on any atom is -0.466 e. The molecule has 1 saturated carbocycles. The molecule has 0 saturated heterocycles. The van der Waals surface area contributed by atoms with Crippen molar-refractivity contribution in [3.05, 3.63) is 22.6 Å². The summed E-state index contributed by atoms with van der Waals surface area (Å²) in [6, 6.07) is 2.24. The molecule has 114 valence electrons. The fraction of sp³-hybridized carbons (Fsp3) is 0.750. The highest BCUT2D eigenvalue weighted by molar-refractivity contribution is 9.10. The van der Waals surface area contributed by atoms with Gasteiger partial charge in [0.2, 0.25) is 0 Å². The third-order valence-corrected chi connectivity index (χ3v) is 5.37. The van der Waals surface area contributed by atoms with E-state index in [0.29, 0.717) is 0 Å². The van der Waals surface area contributed by atoms with Gasteiger partial charge in [0.15, 0.2) is 0 Å². The third kappa shape index (κ3) is 3.12. The molecule has 1 aromatic rings. The Hall–Kier alpha value is -0.320. The second kappa shape index (κ2) is 7.10. The van der Waals surface area contributed by atoms with Gasteiger partial charge in [-0.3, -0.25) is 0 Å². The number of furan rings is 1. The average Bonchev–Trinajstić information content (AvgIpc) is 2.69. The second-order valence-electron chi connectivity index (χ2n) is 6.04. The van der Waals surface area contributed by atoms with E-state index in [4.69, 9.17) is 4.42 Å². The maximum absolute atomic E-state index is 5.81. The summed E-state index contributed by atoms with van der Waals surface area (Å²) in [6.07, 6.45) is 9.55. The topological polar surface area (TPSA) is 28.4 Å². The molecule has 0 bridgehead atoms. The number of halogens is 1. The van der Waals surface area contributed by atoms with E-state index in [0.717, 1.165) is 16.8 Å². The first-order valence-electron chi connectivity index (χ1n) is 7.75. The molecular weight excluding hydrogens is 316 g/mol. The van der Waals surface area contributed by atoms with E-state index in [1.54, 1.807) is 6.26 Å². The molecule has 1 aliphatic rings. The van der Waals surface area contributed by atoms with E-state index in [1.165, 1.54) is 38.5 Å². The van der Waals surface area contributed by atoms with Gasteiger partial charge >= 0.3 is 0 Å². The number of nitrogens with zero attached hydrogens (tertiary/aromatic N) is 1. The van der Waals surface area contributed by atoms with Crippen LogP contribution >= 0.6 is 15.9 Å². The molecule has 1 heterocycles. The molecule has 0 aliphatic heterocycles. The summed E-state index contributed by atoms with van der Waals surface area (Å²) in [5.74, 6) is 1.04. The molecule has 2 rings (SSSR count). The van der Waals surface area contributed by atoms with Crippen molar-refractivity contribution in [3.8, 4) is 0 Å².